The number of imide groups is 1. The monoisotopic (exact) mass is 454 g/mol. The molecule has 0 aliphatic carbocycles. The molecule has 1 atom stereocenters. The summed E-state index contributed by atoms with van der Waals surface area (Å²) in [5, 5.41) is 6.08. The third kappa shape index (κ3) is 4.13. The van der Waals surface area contributed by atoms with E-state index in [0.717, 1.165) is 68.9 Å². The van der Waals surface area contributed by atoms with Crippen LogP contribution in [-0.2, 0) is 9.59 Å². The molecule has 2 bridgehead atoms. The maximum absolute atomic E-state index is 13.3. The van der Waals surface area contributed by atoms with Crippen molar-refractivity contribution < 1.29 is 14.4 Å². The van der Waals surface area contributed by atoms with E-state index in [1.165, 1.54) is 4.90 Å². The molecule has 2 N–H and O–H groups in total. The summed E-state index contributed by atoms with van der Waals surface area (Å²) >= 11 is 0. The number of fused-ring (bicyclic) bond motifs is 2. The maximum atomic E-state index is 13.3. The number of rotatable bonds is 5. The molecule has 1 aromatic carbocycles. The zero-order chi connectivity index (χ0) is 23.2. The average molecular weight is 455 g/mol. The summed E-state index contributed by atoms with van der Waals surface area (Å²) in [6.45, 7) is 10.3. The predicted octanol–water partition coefficient (Wildman–Crippen LogP) is 0.833. The van der Waals surface area contributed by atoms with Gasteiger partial charge in [0.25, 0.3) is 5.91 Å². The van der Waals surface area contributed by atoms with Gasteiger partial charge in [-0.3, -0.25) is 19.4 Å². The molecule has 1 spiro atoms. The van der Waals surface area contributed by atoms with E-state index >= 15 is 0 Å². The van der Waals surface area contributed by atoms with E-state index < -0.39 is 5.54 Å². The molecule has 5 fully saturated rings. The Bertz CT molecular complexity index is 952. The van der Waals surface area contributed by atoms with Crippen molar-refractivity contribution in [2.24, 2.45) is 5.92 Å². The Kier molecular flexibility index (Phi) is 5.88. The van der Waals surface area contributed by atoms with Gasteiger partial charge in [-0.2, -0.15) is 0 Å². The molecule has 1 aromatic rings. The highest BCUT2D eigenvalue weighted by Crippen LogP contribution is 2.39. The highest BCUT2D eigenvalue weighted by Gasteiger charge is 2.59. The second kappa shape index (κ2) is 8.70. The van der Waals surface area contributed by atoms with Crippen molar-refractivity contribution >= 4 is 23.5 Å². The van der Waals surface area contributed by atoms with Crippen molar-refractivity contribution in [3.05, 3.63) is 29.3 Å². The molecular formula is C24H34N6O3. The Balaban J connectivity index is 1.12. The number of anilines is 1. The highest BCUT2D eigenvalue weighted by molar-refractivity contribution is 6.07. The van der Waals surface area contributed by atoms with Crippen LogP contribution in [0.3, 0.4) is 0 Å². The SMILES string of the molecule is Cc1cccc(NC(=O)CN2CCN(CN3C(=O)NC4(CN5CCC4CC5)C3=O)CC2)c1C. The van der Waals surface area contributed by atoms with Crippen LogP contribution in [-0.4, -0.2) is 102 Å². The third-order valence-electron chi connectivity index (χ3n) is 8.01. The van der Waals surface area contributed by atoms with Gasteiger partial charge in [-0.1, -0.05) is 12.1 Å². The standard InChI is InChI=1S/C24H34N6O3/c1-17-4-3-5-20(18(17)2)25-21(31)14-27-10-12-29(13-11-27)16-30-22(32)24(26-23(30)33)15-28-8-6-19(24)7-9-28/h3-5,19H,6-16H2,1-2H3,(H,25,31)(H,26,33). The van der Waals surface area contributed by atoms with E-state index in [-0.39, 0.29) is 23.8 Å². The Morgan fingerprint density at radius 3 is 2.42 bits per heavy atom. The zero-order valence-corrected chi connectivity index (χ0v) is 19.6. The Labute approximate surface area is 195 Å². The summed E-state index contributed by atoms with van der Waals surface area (Å²) in [4.78, 5) is 46.6. The van der Waals surface area contributed by atoms with Crippen LogP contribution >= 0.6 is 0 Å². The average Bonchev–Trinajstić information content (AvgIpc) is 3.03. The van der Waals surface area contributed by atoms with E-state index in [1.807, 2.05) is 32.0 Å². The number of carbonyl (C=O) groups excluding carboxylic acids is 3. The lowest BCUT2D eigenvalue weighted by atomic mass is 9.73. The molecule has 5 saturated heterocycles. The first-order chi connectivity index (χ1) is 15.9. The second-order valence-corrected chi connectivity index (χ2v) is 10.0. The number of hydrogen-bond donors (Lipinski definition) is 2. The predicted molar refractivity (Wildman–Crippen MR) is 125 cm³/mol. The number of carbonyl (C=O) groups is 3. The van der Waals surface area contributed by atoms with Gasteiger partial charge in [0, 0.05) is 38.4 Å². The summed E-state index contributed by atoms with van der Waals surface area (Å²) in [6, 6.07) is 5.66. The maximum Gasteiger partial charge on any atom is 0.326 e. The summed E-state index contributed by atoms with van der Waals surface area (Å²) in [7, 11) is 0. The molecule has 0 aromatic heterocycles. The number of amides is 4. The quantitative estimate of drug-likeness (QED) is 0.641. The molecule has 1 unspecified atom stereocenters. The van der Waals surface area contributed by atoms with Crippen molar-refractivity contribution in [3.63, 3.8) is 0 Å². The van der Waals surface area contributed by atoms with Gasteiger partial charge in [-0.05, 0) is 62.9 Å². The molecule has 9 nitrogen and oxygen atoms in total. The van der Waals surface area contributed by atoms with Gasteiger partial charge in [0.2, 0.25) is 5.91 Å². The van der Waals surface area contributed by atoms with Gasteiger partial charge in [0.05, 0.1) is 13.2 Å². The van der Waals surface area contributed by atoms with Crippen molar-refractivity contribution in [3.8, 4) is 0 Å². The van der Waals surface area contributed by atoms with E-state index in [0.29, 0.717) is 19.8 Å². The first-order valence-corrected chi connectivity index (χ1v) is 12.0. The number of aryl methyl sites for hydroxylation is 1. The third-order valence-corrected chi connectivity index (χ3v) is 8.01. The molecule has 5 aliphatic heterocycles. The van der Waals surface area contributed by atoms with Crippen LogP contribution in [0, 0.1) is 19.8 Å². The summed E-state index contributed by atoms with van der Waals surface area (Å²) in [5.74, 6) is 0.170. The molecule has 5 heterocycles. The number of hydrogen-bond acceptors (Lipinski definition) is 6. The van der Waals surface area contributed by atoms with Gasteiger partial charge in [-0.25, -0.2) is 9.69 Å². The molecule has 33 heavy (non-hydrogen) atoms. The molecule has 0 radical (unpaired) electrons. The van der Waals surface area contributed by atoms with E-state index in [4.69, 9.17) is 0 Å². The molecule has 0 saturated carbocycles. The zero-order valence-electron chi connectivity index (χ0n) is 19.6. The molecule has 178 valence electrons. The Morgan fingerprint density at radius 2 is 1.76 bits per heavy atom. The number of nitrogens with zero attached hydrogens (tertiary/aromatic N) is 4. The fraction of sp³-hybridized carbons (Fsp3) is 0.625. The summed E-state index contributed by atoms with van der Waals surface area (Å²) < 4.78 is 0. The van der Waals surface area contributed by atoms with Crippen LogP contribution < -0.4 is 10.6 Å². The topological polar surface area (TPSA) is 88.2 Å². The van der Waals surface area contributed by atoms with Gasteiger partial charge in [0.15, 0.2) is 0 Å². The number of piperazine rings is 1. The normalized spacial score (nSPS) is 30.2. The van der Waals surface area contributed by atoms with Crippen molar-refractivity contribution in [2.45, 2.75) is 32.2 Å². The summed E-state index contributed by atoms with van der Waals surface area (Å²) in [6.07, 6.45) is 1.95. The highest BCUT2D eigenvalue weighted by atomic mass is 16.2. The number of nitrogens with one attached hydrogen (secondary N) is 2. The minimum absolute atomic E-state index is 0.0180. The van der Waals surface area contributed by atoms with Gasteiger partial charge < -0.3 is 15.5 Å². The number of benzene rings is 1. The molecule has 5 aliphatic rings. The van der Waals surface area contributed by atoms with Gasteiger partial charge >= 0.3 is 6.03 Å². The van der Waals surface area contributed by atoms with Crippen molar-refractivity contribution in [2.75, 3.05) is 64.3 Å². The van der Waals surface area contributed by atoms with Crippen LogP contribution in [0.15, 0.2) is 18.2 Å². The first-order valence-electron chi connectivity index (χ1n) is 12.0. The lowest BCUT2D eigenvalue weighted by molar-refractivity contribution is -0.140. The van der Waals surface area contributed by atoms with Crippen LogP contribution in [0.5, 0.6) is 0 Å². The van der Waals surface area contributed by atoms with Crippen molar-refractivity contribution in [1.29, 1.82) is 0 Å². The fourth-order valence-corrected chi connectivity index (χ4v) is 5.79. The lowest BCUT2D eigenvalue weighted by Crippen LogP contribution is -2.67. The molecular weight excluding hydrogens is 420 g/mol. The Morgan fingerprint density at radius 1 is 1.06 bits per heavy atom. The molecule has 4 amide bonds. The minimum atomic E-state index is -0.721. The molecule has 9 heteroatoms. The molecule has 6 rings (SSSR count). The Hall–Kier alpha value is -2.49. The number of urea groups is 1. The lowest BCUT2D eigenvalue weighted by Gasteiger charge is -2.49. The first kappa shape index (κ1) is 22.3. The van der Waals surface area contributed by atoms with Crippen LogP contribution in [0.4, 0.5) is 10.5 Å². The summed E-state index contributed by atoms with van der Waals surface area (Å²) in [5.41, 5.74) is 2.38. The number of piperidine rings is 3. The van der Waals surface area contributed by atoms with Crippen molar-refractivity contribution in [1.82, 2.24) is 24.9 Å². The second-order valence-electron chi connectivity index (χ2n) is 10.0. The minimum Gasteiger partial charge on any atom is -0.325 e. The van der Waals surface area contributed by atoms with Crippen LogP contribution in [0.1, 0.15) is 24.0 Å². The van der Waals surface area contributed by atoms with Crippen LogP contribution in [0.2, 0.25) is 0 Å². The van der Waals surface area contributed by atoms with Gasteiger partial charge in [-0.15, -0.1) is 0 Å². The van der Waals surface area contributed by atoms with E-state index in [9.17, 15) is 14.4 Å². The van der Waals surface area contributed by atoms with E-state index in [1.54, 1.807) is 0 Å². The van der Waals surface area contributed by atoms with Gasteiger partial charge in [0.1, 0.15) is 5.54 Å². The smallest absolute Gasteiger partial charge is 0.325 e. The largest absolute Gasteiger partial charge is 0.326 e. The fourth-order valence-electron chi connectivity index (χ4n) is 5.79. The van der Waals surface area contributed by atoms with E-state index in [2.05, 4.69) is 25.3 Å². The van der Waals surface area contributed by atoms with Crippen LogP contribution in [0.25, 0.3) is 0 Å².